The second-order valence-electron chi connectivity index (χ2n) is 10.3. The van der Waals surface area contributed by atoms with Crippen LogP contribution in [0.25, 0.3) is 0 Å². The van der Waals surface area contributed by atoms with Gasteiger partial charge in [-0.25, -0.2) is 0 Å². The van der Waals surface area contributed by atoms with Crippen LogP contribution in [-0.4, -0.2) is 23.5 Å². The van der Waals surface area contributed by atoms with Gasteiger partial charge in [-0.15, -0.1) is 0 Å². The molecule has 5 nitrogen and oxygen atoms in total. The summed E-state index contributed by atoms with van der Waals surface area (Å²) in [5, 5.41) is 23.9. The second-order valence-corrected chi connectivity index (χ2v) is 10.3. The molecule has 1 aliphatic carbocycles. The number of carbonyl (C=O) groups is 2. The Hall–Kier alpha value is -4.53. The van der Waals surface area contributed by atoms with Gasteiger partial charge in [-0.05, 0) is 30.0 Å². The van der Waals surface area contributed by atoms with Crippen LogP contribution in [0.1, 0.15) is 52.2 Å². The SMILES string of the molecule is CCOC(=O)[C@]1(C#N)[C@H](c2ccccc2)C[C@](O)(c2ccccc2)[C@@H](C(=O)c2ccccc2)[C@@H]1c1ccccc1. The van der Waals surface area contributed by atoms with Gasteiger partial charge in [0.25, 0.3) is 0 Å². The summed E-state index contributed by atoms with van der Waals surface area (Å²) in [4.78, 5) is 28.7. The Kier molecular flexibility index (Phi) is 7.64. The minimum Gasteiger partial charge on any atom is -0.465 e. The summed E-state index contributed by atoms with van der Waals surface area (Å²) in [6, 6.07) is 38.7. The molecule has 0 amide bonds. The Morgan fingerprint density at radius 2 is 1.32 bits per heavy atom. The van der Waals surface area contributed by atoms with Crippen molar-refractivity contribution in [3.05, 3.63) is 144 Å². The Morgan fingerprint density at radius 1 is 0.825 bits per heavy atom. The molecular weight excluding hydrogens is 498 g/mol. The summed E-state index contributed by atoms with van der Waals surface area (Å²) in [6.45, 7) is 1.78. The number of carbonyl (C=O) groups excluding carboxylic acids is 2. The molecule has 4 aromatic rings. The molecule has 1 aliphatic rings. The van der Waals surface area contributed by atoms with Crippen LogP contribution in [0.4, 0.5) is 0 Å². The van der Waals surface area contributed by atoms with Crippen molar-refractivity contribution in [1.82, 2.24) is 0 Å². The van der Waals surface area contributed by atoms with Gasteiger partial charge in [-0.1, -0.05) is 121 Å². The van der Waals surface area contributed by atoms with E-state index in [-0.39, 0.29) is 18.8 Å². The van der Waals surface area contributed by atoms with Gasteiger partial charge in [0.05, 0.1) is 18.6 Å². The quantitative estimate of drug-likeness (QED) is 0.221. The highest BCUT2D eigenvalue weighted by Crippen LogP contribution is 2.63. The van der Waals surface area contributed by atoms with Crippen LogP contribution >= 0.6 is 0 Å². The summed E-state index contributed by atoms with van der Waals surface area (Å²) in [7, 11) is 0. The number of nitrogens with zero attached hydrogens (tertiary/aromatic N) is 1. The van der Waals surface area contributed by atoms with E-state index in [1.165, 1.54) is 0 Å². The van der Waals surface area contributed by atoms with Gasteiger partial charge in [0.1, 0.15) is 5.60 Å². The Bertz CT molecular complexity index is 1500. The Balaban J connectivity index is 1.88. The fourth-order valence-corrected chi connectivity index (χ4v) is 6.42. The Labute approximate surface area is 234 Å². The molecule has 0 aromatic heterocycles. The van der Waals surface area contributed by atoms with Crippen molar-refractivity contribution in [2.24, 2.45) is 11.3 Å². The normalized spacial score (nSPS) is 25.9. The lowest BCUT2D eigenvalue weighted by Crippen LogP contribution is -2.59. The van der Waals surface area contributed by atoms with Gasteiger partial charge in [-0.2, -0.15) is 5.26 Å². The van der Waals surface area contributed by atoms with Gasteiger partial charge >= 0.3 is 5.97 Å². The third-order valence-electron chi connectivity index (χ3n) is 8.18. The average molecular weight is 530 g/mol. The maximum atomic E-state index is 14.6. The fraction of sp³-hybridized carbons (Fsp3) is 0.229. The highest BCUT2D eigenvalue weighted by Gasteiger charge is 2.67. The zero-order chi connectivity index (χ0) is 28.2. The monoisotopic (exact) mass is 529 g/mol. The standard InChI is InChI=1S/C35H31NO4/c1-2-40-33(38)34(24-36)29(25-15-7-3-8-16-25)23-35(39,28-21-13-6-14-22-28)31(30(34)26-17-9-4-10-18-26)32(37)27-19-11-5-12-20-27/h3-22,29-31,39H,2,23H2,1H3/t29-,30-,31+,34+,35-/m0/s1. The molecule has 0 radical (unpaired) electrons. The van der Waals surface area contributed by atoms with Crippen molar-refractivity contribution in [3.63, 3.8) is 0 Å². The molecule has 5 heteroatoms. The predicted molar refractivity (Wildman–Crippen MR) is 152 cm³/mol. The lowest BCUT2D eigenvalue weighted by Gasteiger charge is -2.54. The predicted octanol–water partition coefficient (Wildman–Crippen LogP) is 6.42. The third kappa shape index (κ3) is 4.51. The Morgan fingerprint density at radius 3 is 1.85 bits per heavy atom. The molecule has 40 heavy (non-hydrogen) atoms. The van der Waals surface area contributed by atoms with Gasteiger partial charge in [0.15, 0.2) is 11.2 Å². The number of ether oxygens (including phenoxy) is 1. The van der Waals surface area contributed by atoms with Crippen molar-refractivity contribution >= 4 is 11.8 Å². The number of ketones is 1. The molecule has 1 fully saturated rings. The lowest BCUT2D eigenvalue weighted by atomic mass is 9.47. The molecule has 0 bridgehead atoms. The molecule has 0 heterocycles. The number of rotatable bonds is 7. The lowest BCUT2D eigenvalue weighted by molar-refractivity contribution is -0.164. The van der Waals surface area contributed by atoms with Gasteiger partial charge in [0.2, 0.25) is 0 Å². The number of aliphatic hydroxyl groups is 1. The van der Waals surface area contributed by atoms with E-state index in [4.69, 9.17) is 4.74 Å². The highest BCUT2D eigenvalue weighted by atomic mass is 16.5. The van der Waals surface area contributed by atoms with E-state index in [0.717, 1.165) is 5.56 Å². The zero-order valence-electron chi connectivity index (χ0n) is 22.3. The number of hydrogen-bond acceptors (Lipinski definition) is 5. The van der Waals surface area contributed by atoms with E-state index in [0.29, 0.717) is 16.7 Å². The van der Waals surface area contributed by atoms with Crippen molar-refractivity contribution in [3.8, 4) is 6.07 Å². The molecule has 5 rings (SSSR count). The molecule has 1 saturated carbocycles. The summed E-state index contributed by atoms with van der Waals surface area (Å²) in [5.74, 6) is -3.98. The molecule has 200 valence electrons. The van der Waals surface area contributed by atoms with Crippen LogP contribution in [-0.2, 0) is 15.1 Å². The first-order valence-electron chi connectivity index (χ1n) is 13.5. The van der Waals surface area contributed by atoms with Crippen LogP contribution < -0.4 is 0 Å². The smallest absolute Gasteiger partial charge is 0.327 e. The maximum Gasteiger partial charge on any atom is 0.327 e. The van der Waals surface area contributed by atoms with E-state index < -0.39 is 34.7 Å². The first kappa shape index (κ1) is 27.1. The molecule has 0 aliphatic heterocycles. The van der Waals surface area contributed by atoms with E-state index in [1.807, 2.05) is 84.9 Å². The summed E-state index contributed by atoms with van der Waals surface area (Å²) >= 11 is 0. The summed E-state index contributed by atoms with van der Waals surface area (Å²) < 4.78 is 5.63. The average Bonchev–Trinajstić information content (AvgIpc) is 3.02. The molecule has 4 aromatic carbocycles. The van der Waals surface area contributed by atoms with Crippen molar-refractivity contribution in [2.75, 3.05) is 6.61 Å². The van der Waals surface area contributed by atoms with Gasteiger partial charge in [0, 0.05) is 17.4 Å². The maximum absolute atomic E-state index is 14.6. The zero-order valence-corrected chi connectivity index (χ0v) is 22.3. The van der Waals surface area contributed by atoms with Crippen molar-refractivity contribution < 1.29 is 19.4 Å². The number of nitriles is 1. The third-order valence-corrected chi connectivity index (χ3v) is 8.18. The van der Waals surface area contributed by atoms with Crippen molar-refractivity contribution in [1.29, 1.82) is 5.26 Å². The first-order valence-corrected chi connectivity index (χ1v) is 13.5. The molecule has 5 atom stereocenters. The van der Waals surface area contributed by atoms with E-state index in [2.05, 4.69) is 6.07 Å². The number of esters is 1. The van der Waals surface area contributed by atoms with Crippen LogP contribution in [0.2, 0.25) is 0 Å². The number of benzene rings is 4. The van der Waals surface area contributed by atoms with Gasteiger partial charge < -0.3 is 9.84 Å². The fourth-order valence-electron chi connectivity index (χ4n) is 6.42. The molecule has 0 spiro atoms. The van der Waals surface area contributed by atoms with E-state index in [1.54, 1.807) is 43.3 Å². The minimum atomic E-state index is -1.80. The van der Waals surface area contributed by atoms with Crippen LogP contribution in [0, 0.1) is 22.7 Å². The molecule has 1 N–H and O–H groups in total. The van der Waals surface area contributed by atoms with Crippen LogP contribution in [0.5, 0.6) is 0 Å². The first-order chi connectivity index (χ1) is 19.5. The minimum absolute atomic E-state index is 0.0278. The summed E-state index contributed by atoms with van der Waals surface area (Å²) in [5.41, 5.74) is -1.21. The largest absolute Gasteiger partial charge is 0.465 e. The molecular formula is C35H31NO4. The van der Waals surface area contributed by atoms with E-state index in [9.17, 15) is 20.0 Å². The van der Waals surface area contributed by atoms with Crippen LogP contribution in [0.3, 0.4) is 0 Å². The number of hydrogen-bond donors (Lipinski definition) is 1. The second kappa shape index (κ2) is 11.3. The summed E-state index contributed by atoms with van der Waals surface area (Å²) in [6.07, 6.45) is -0.0278. The molecule has 0 saturated heterocycles. The highest BCUT2D eigenvalue weighted by molar-refractivity contribution is 6.00. The topological polar surface area (TPSA) is 87.4 Å². The molecule has 0 unspecified atom stereocenters. The van der Waals surface area contributed by atoms with Crippen LogP contribution in [0.15, 0.2) is 121 Å². The van der Waals surface area contributed by atoms with E-state index >= 15 is 0 Å². The van der Waals surface area contributed by atoms with Crippen molar-refractivity contribution in [2.45, 2.75) is 30.8 Å². The number of Topliss-reactive ketones (excluding diaryl/α,β-unsaturated/α-hetero) is 1. The van der Waals surface area contributed by atoms with Gasteiger partial charge in [-0.3, -0.25) is 9.59 Å².